The number of pyridine rings is 1. The highest BCUT2D eigenvalue weighted by atomic mass is 16.5. The maximum atomic E-state index is 8.82. The van der Waals surface area contributed by atoms with Gasteiger partial charge in [0, 0.05) is 13.7 Å². The molecule has 0 N–H and O–H groups in total. The van der Waals surface area contributed by atoms with Gasteiger partial charge in [0.15, 0.2) is 0 Å². The molecule has 1 saturated heterocycles. The molecule has 16 heavy (non-hydrogen) atoms. The number of ether oxygens (including phenoxy) is 1. The largest absolute Gasteiger partial charge is 0.383 e. The highest BCUT2D eigenvalue weighted by molar-refractivity contribution is 5.43. The molecular weight excluding hydrogens is 202 g/mol. The number of hydrogen-bond donors (Lipinski definition) is 0. The lowest BCUT2D eigenvalue weighted by Crippen LogP contribution is -2.33. The van der Waals surface area contributed by atoms with Crippen molar-refractivity contribution in [3.8, 4) is 6.07 Å². The van der Waals surface area contributed by atoms with Crippen LogP contribution in [0.5, 0.6) is 0 Å². The maximum absolute atomic E-state index is 8.82. The second kappa shape index (κ2) is 4.95. The number of nitriles is 1. The first-order valence-electron chi connectivity index (χ1n) is 5.48. The van der Waals surface area contributed by atoms with Gasteiger partial charge in [-0.3, -0.25) is 0 Å². The Kier molecular flexibility index (Phi) is 3.37. The lowest BCUT2D eigenvalue weighted by Gasteiger charge is -2.25. The maximum Gasteiger partial charge on any atom is 0.142 e. The molecule has 1 aromatic rings. The van der Waals surface area contributed by atoms with Crippen LogP contribution in [0.1, 0.15) is 18.5 Å². The first-order valence-corrected chi connectivity index (χ1v) is 5.48. The molecular formula is C12H15N3O. The minimum atomic E-state index is 0.395. The summed E-state index contributed by atoms with van der Waals surface area (Å²) in [5, 5.41) is 8.82. The average molecular weight is 217 g/mol. The Morgan fingerprint density at radius 2 is 2.50 bits per heavy atom. The molecule has 2 rings (SSSR count). The van der Waals surface area contributed by atoms with Crippen molar-refractivity contribution in [3.63, 3.8) is 0 Å². The number of anilines is 1. The second-order valence-corrected chi connectivity index (χ2v) is 3.94. The van der Waals surface area contributed by atoms with Crippen LogP contribution < -0.4 is 4.90 Å². The molecule has 4 heteroatoms. The molecule has 0 aromatic carbocycles. The SMILES string of the molecule is COCC1CCCN1c1cccc(C#N)n1. The molecule has 1 aromatic heterocycles. The summed E-state index contributed by atoms with van der Waals surface area (Å²) in [6, 6.07) is 8.02. The van der Waals surface area contributed by atoms with E-state index in [2.05, 4.69) is 16.0 Å². The predicted octanol–water partition coefficient (Wildman–Crippen LogP) is 1.57. The van der Waals surface area contributed by atoms with E-state index < -0.39 is 0 Å². The molecule has 0 aliphatic carbocycles. The van der Waals surface area contributed by atoms with Crippen LogP contribution in [0.3, 0.4) is 0 Å². The lowest BCUT2D eigenvalue weighted by atomic mass is 10.2. The first kappa shape index (κ1) is 10.9. The van der Waals surface area contributed by atoms with E-state index in [9.17, 15) is 0 Å². The van der Waals surface area contributed by atoms with Crippen LogP contribution >= 0.6 is 0 Å². The minimum absolute atomic E-state index is 0.395. The van der Waals surface area contributed by atoms with Gasteiger partial charge in [0.05, 0.1) is 12.6 Å². The van der Waals surface area contributed by atoms with Crippen molar-refractivity contribution in [1.29, 1.82) is 5.26 Å². The summed E-state index contributed by atoms with van der Waals surface area (Å²) < 4.78 is 5.20. The van der Waals surface area contributed by atoms with Crippen molar-refractivity contribution in [3.05, 3.63) is 23.9 Å². The van der Waals surface area contributed by atoms with Gasteiger partial charge in [-0.25, -0.2) is 4.98 Å². The summed E-state index contributed by atoms with van der Waals surface area (Å²) in [6.45, 7) is 1.72. The summed E-state index contributed by atoms with van der Waals surface area (Å²) in [4.78, 5) is 6.54. The smallest absolute Gasteiger partial charge is 0.142 e. The summed E-state index contributed by atoms with van der Waals surface area (Å²) in [5.41, 5.74) is 0.473. The number of nitrogens with zero attached hydrogens (tertiary/aromatic N) is 3. The van der Waals surface area contributed by atoms with Gasteiger partial charge in [0.2, 0.25) is 0 Å². The Labute approximate surface area is 95.5 Å². The fraction of sp³-hybridized carbons (Fsp3) is 0.500. The normalized spacial score (nSPS) is 19.8. The van der Waals surface area contributed by atoms with Crippen LogP contribution in [0.15, 0.2) is 18.2 Å². The molecule has 0 amide bonds. The van der Waals surface area contributed by atoms with E-state index in [1.165, 1.54) is 0 Å². The number of methoxy groups -OCH3 is 1. The van der Waals surface area contributed by atoms with Crippen molar-refractivity contribution in [2.45, 2.75) is 18.9 Å². The third-order valence-electron chi connectivity index (χ3n) is 2.88. The molecule has 4 nitrogen and oxygen atoms in total. The van der Waals surface area contributed by atoms with Gasteiger partial charge >= 0.3 is 0 Å². The van der Waals surface area contributed by atoms with Crippen molar-refractivity contribution < 1.29 is 4.74 Å². The van der Waals surface area contributed by atoms with E-state index in [-0.39, 0.29) is 0 Å². The lowest BCUT2D eigenvalue weighted by molar-refractivity contribution is 0.180. The third-order valence-corrected chi connectivity index (χ3v) is 2.88. The molecule has 0 spiro atoms. The van der Waals surface area contributed by atoms with Crippen LogP contribution in [-0.4, -0.2) is 31.3 Å². The molecule has 1 aliphatic rings. The summed E-state index contributed by atoms with van der Waals surface area (Å²) >= 11 is 0. The zero-order valence-electron chi connectivity index (χ0n) is 9.39. The molecule has 84 valence electrons. The second-order valence-electron chi connectivity index (χ2n) is 3.94. The molecule has 1 unspecified atom stereocenters. The molecule has 0 bridgehead atoms. The average Bonchev–Trinajstić information content (AvgIpc) is 2.78. The van der Waals surface area contributed by atoms with Crippen molar-refractivity contribution >= 4 is 5.82 Å². The van der Waals surface area contributed by atoms with Gasteiger partial charge in [0.1, 0.15) is 17.6 Å². The molecule has 1 aliphatic heterocycles. The van der Waals surface area contributed by atoms with E-state index in [0.717, 1.165) is 31.8 Å². The highest BCUT2D eigenvalue weighted by Gasteiger charge is 2.25. The van der Waals surface area contributed by atoms with Crippen LogP contribution in [0.25, 0.3) is 0 Å². The Hall–Kier alpha value is -1.60. The van der Waals surface area contributed by atoms with E-state index in [4.69, 9.17) is 10.00 Å². The van der Waals surface area contributed by atoms with Gasteiger partial charge in [-0.15, -0.1) is 0 Å². The summed E-state index contributed by atoms with van der Waals surface area (Å²) in [5.74, 6) is 0.888. The third kappa shape index (κ3) is 2.15. The van der Waals surface area contributed by atoms with Gasteiger partial charge in [0.25, 0.3) is 0 Å². The van der Waals surface area contributed by atoms with Crippen LogP contribution in [0, 0.1) is 11.3 Å². The minimum Gasteiger partial charge on any atom is -0.383 e. The molecule has 0 radical (unpaired) electrons. The number of hydrogen-bond acceptors (Lipinski definition) is 4. The highest BCUT2D eigenvalue weighted by Crippen LogP contribution is 2.23. The quantitative estimate of drug-likeness (QED) is 0.771. The van der Waals surface area contributed by atoms with Gasteiger partial charge in [-0.1, -0.05) is 6.07 Å². The Balaban J connectivity index is 2.19. The van der Waals surface area contributed by atoms with Gasteiger partial charge in [-0.2, -0.15) is 5.26 Å². The van der Waals surface area contributed by atoms with Crippen LogP contribution in [0.2, 0.25) is 0 Å². The monoisotopic (exact) mass is 217 g/mol. The summed E-state index contributed by atoms with van der Waals surface area (Å²) in [6.07, 6.45) is 2.29. The van der Waals surface area contributed by atoms with Crippen LogP contribution in [-0.2, 0) is 4.74 Å². The first-order chi connectivity index (χ1) is 7.85. The van der Waals surface area contributed by atoms with E-state index in [1.54, 1.807) is 13.2 Å². The van der Waals surface area contributed by atoms with Gasteiger partial charge < -0.3 is 9.64 Å². The predicted molar refractivity (Wildman–Crippen MR) is 61.2 cm³/mol. The van der Waals surface area contributed by atoms with Gasteiger partial charge in [-0.05, 0) is 25.0 Å². The Bertz CT molecular complexity index is 399. The fourth-order valence-corrected chi connectivity index (χ4v) is 2.15. The van der Waals surface area contributed by atoms with Crippen molar-refractivity contribution in [2.24, 2.45) is 0 Å². The fourth-order valence-electron chi connectivity index (χ4n) is 2.15. The van der Waals surface area contributed by atoms with E-state index in [0.29, 0.717) is 11.7 Å². The topological polar surface area (TPSA) is 49.1 Å². The van der Waals surface area contributed by atoms with Crippen molar-refractivity contribution in [1.82, 2.24) is 4.98 Å². The molecule has 1 atom stereocenters. The standard InChI is InChI=1S/C12H15N3O/c1-16-9-11-5-3-7-15(11)12-6-2-4-10(8-13)14-12/h2,4,6,11H,3,5,7,9H2,1H3. The Morgan fingerprint density at radius 3 is 3.25 bits per heavy atom. The molecule has 2 heterocycles. The molecule has 0 saturated carbocycles. The number of rotatable bonds is 3. The Morgan fingerprint density at radius 1 is 1.62 bits per heavy atom. The molecule has 1 fully saturated rings. The zero-order valence-corrected chi connectivity index (χ0v) is 9.39. The zero-order chi connectivity index (χ0) is 11.4. The number of aromatic nitrogens is 1. The van der Waals surface area contributed by atoms with E-state index in [1.807, 2.05) is 12.1 Å². The summed E-state index contributed by atoms with van der Waals surface area (Å²) in [7, 11) is 1.72. The van der Waals surface area contributed by atoms with Crippen LogP contribution in [0.4, 0.5) is 5.82 Å². The van der Waals surface area contributed by atoms with E-state index >= 15 is 0 Å². The van der Waals surface area contributed by atoms with Crippen molar-refractivity contribution in [2.75, 3.05) is 25.2 Å².